The Balaban J connectivity index is 2.77. The van der Waals surface area contributed by atoms with E-state index in [4.69, 9.17) is 16.7 Å². The van der Waals surface area contributed by atoms with Crippen molar-refractivity contribution < 1.29 is 19.5 Å². The minimum absolute atomic E-state index is 0.0612. The van der Waals surface area contributed by atoms with Gasteiger partial charge in [0, 0.05) is 25.7 Å². The summed E-state index contributed by atoms with van der Waals surface area (Å²) in [6.07, 6.45) is 1.13. The molecule has 24 heavy (non-hydrogen) atoms. The zero-order valence-corrected chi connectivity index (χ0v) is 14.7. The van der Waals surface area contributed by atoms with E-state index in [0.29, 0.717) is 22.8 Å². The summed E-state index contributed by atoms with van der Waals surface area (Å²) in [6, 6.07) is 4.28. The lowest BCUT2D eigenvalue weighted by molar-refractivity contribution is -0.141. The van der Waals surface area contributed by atoms with Crippen LogP contribution >= 0.6 is 11.6 Å². The maximum absolute atomic E-state index is 12.1. The van der Waals surface area contributed by atoms with Crippen LogP contribution in [0.1, 0.15) is 26.7 Å². The molecule has 0 aliphatic heterocycles. The first-order chi connectivity index (χ1) is 11.2. The molecule has 1 rings (SSSR count). The monoisotopic (exact) mass is 355 g/mol. The van der Waals surface area contributed by atoms with Crippen LogP contribution in [0.4, 0.5) is 16.2 Å². The Morgan fingerprint density at radius 3 is 2.54 bits per heavy atom. The number of nitrogens with one attached hydrogen (secondary N) is 2. The van der Waals surface area contributed by atoms with E-state index in [1.54, 1.807) is 18.2 Å². The first kappa shape index (κ1) is 19.8. The first-order valence-corrected chi connectivity index (χ1v) is 7.96. The third-order valence-corrected chi connectivity index (χ3v) is 3.61. The van der Waals surface area contributed by atoms with Crippen molar-refractivity contribution in [1.29, 1.82) is 0 Å². The lowest BCUT2D eigenvalue weighted by Gasteiger charge is -2.20. The van der Waals surface area contributed by atoms with Gasteiger partial charge in [-0.2, -0.15) is 0 Å². The van der Waals surface area contributed by atoms with E-state index in [0.717, 1.165) is 6.42 Å². The molecule has 0 saturated heterocycles. The summed E-state index contributed by atoms with van der Waals surface area (Å²) in [7, 11) is 1.50. The normalized spacial score (nSPS) is 11.5. The molecule has 0 spiro atoms. The lowest BCUT2D eigenvalue weighted by Crippen LogP contribution is -2.36. The lowest BCUT2D eigenvalue weighted by atomic mass is 10.2. The quantitative estimate of drug-likeness (QED) is 0.699. The van der Waals surface area contributed by atoms with Crippen molar-refractivity contribution in [2.24, 2.45) is 5.92 Å². The highest BCUT2D eigenvalue weighted by Gasteiger charge is 2.18. The number of nitrogens with zero attached hydrogens (tertiary/aromatic N) is 1. The molecule has 0 radical (unpaired) electrons. The molecule has 8 heteroatoms. The smallest absolute Gasteiger partial charge is 0.321 e. The standard InChI is InChI=1S/C16H22ClN3O4/c1-4-5-14(21)18-11-6-7-12(17)13(8-11)19-16(24)20(3)9-10(2)15(22)23/h6-8,10H,4-5,9H2,1-3H3,(H,18,21)(H,19,24)(H,22,23). The number of hydrogen-bond donors (Lipinski definition) is 3. The number of carbonyl (C=O) groups excluding carboxylic acids is 2. The molecule has 0 bridgehead atoms. The number of anilines is 2. The molecule has 1 atom stereocenters. The zero-order chi connectivity index (χ0) is 18.3. The molecule has 132 valence electrons. The molecule has 0 fully saturated rings. The molecule has 3 N–H and O–H groups in total. The van der Waals surface area contributed by atoms with Crippen LogP contribution in [-0.2, 0) is 9.59 Å². The fourth-order valence-electron chi connectivity index (χ4n) is 1.93. The summed E-state index contributed by atoms with van der Waals surface area (Å²) in [5.41, 5.74) is 0.862. The number of carboxylic acids is 1. The average molecular weight is 356 g/mol. The number of hydrogen-bond acceptors (Lipinski definition) is 3. The van der Waals surface area contributed by atoms with Crippen molar-refractivity contribution in [3.05, 3.63) is 23.2 Å². The second kappa shape index (κ2) is 9.12. The highest BCUT2D eigenvalue weighted by atomic mass is 35.5. The molecule has 0 heterocycles. The Bertz CT molecular complexity index is 621. The largest absolute Gasteiger partial charge is 0.481 e. The van der Waals surface area contributed by atoms with E-state index in [1.807, 2.05) is 6.92 Å². The Morgan fingerprint density at radius 1 is 1.29 bits per heavy atom. The van der Waals surface area contributed by atoms with Gasteiger partial charge in [0.05, 0.1) is 16.6 Å². The minimum atomic E-state index is -0.978. The van der Waals surface area contributed by atoms with Crippen LogP contribution in [0.5, 0.6) is 0 Å². The fourth-order valence-corrected chi connectivity index (χ4v) is 2.10. The summed E-state index contributed by atoms with van der Waals surface area (Å²) >= 11 is 6.06. The third kappa shape index (κ3) is 6.08. The Labute approximate surface area is 146 Å². The van der Waals surface area contributed by atoms with Gasteiger partial charge in [0.2, 0.25) is 5.91 Å². The van der Waals surface area contributed by atoms with E-state index < -0.39 is 17.9 Å². The van der Waals surface area contributed by atoms with E-state index >= 15 is 0 Å². The van der Waals surface area contributed by atoms with Gasteiger partial charge < -0.3 is 20.6 Å². The molecule has 0 aromatic heterocycles. The highest BCUT2D eigenvalue weighted by molar-refractivity contribution is 6.33. The van der Waals surface area contributed by atoms with Crippen molar-refractivity contribution in [1.82, 2.24) is 4.90 Å². The van der Waals surface area contributed by atoms with E-state index in [-0.39, 0.29) is 12.5 Å². The van der Waals surface area contributed by atoms with Gasteiger partial charge in [-0.05, 0) is 24.6 Å². The molecule has 0 aliphatic rings. The van der Waals surface area contributed by atoms with E-state index in [9.17, 15) is 14.4 Å². The van der Waals surface area contributed by atoms with Crippen LogP contribution in [0.15, 0.2) is 18.2 Å². The van der Waals surface area contributed by atoms with Crippen molar-refractivity contribution in [3.63, 3.8) is 0 Å². The van der Waals surface area contributed by atoms with Gasteiger partial charge in [0.1, 0.15) is 0 Å². The molecular weight excluding hydrogens is 334 g/mol. The topological polar surface area (TPSA) is 98.7 Å². The van der Waals surface area contributed by atoms with E-state index in [1.165, 1.54) is 18.9 Å². The number of urea groups is 1. The third-order valence-electron chi connectivity index (χ3n) is 3.28. The molecule has 1 aromatic carbocycles. The minimum Gasteiger partial charge on any atom is -0.481 e. The zero-order valence-electron chi connectivity index (χ0n) is 13.9. The molecule has 0 aliphatic carbocycles. The molecule has 0 saturated carbocycles. The van der Waals surface area contributed by atoms with E-state index in [2.05, 4.69) is 10.6 Å². The second-order valence-electron chi connectivity index (χ2n) is 5.54. The van der Waals surface area contributed by atoms with Gasteiger partial charge in [-0.25, -0.2) is 4.79 Å². The van der Waals surface area contributed by atoms with Gasteiger partial charge in [0.25, 0.3) is 0 Å². The number of carbonyl (C=O) groups is 3. The van der Waals surface area contributed by atoms with Crippen molar-refractivity contribution in [3.8, 4) is 0 Å². The maximum Gasteiger partial charge on any atom is 0.321 e. The van der Waals surface area contributed by atoms with Crippen LogP contribution in [0.3, 0.4) is 0 Å². The Morgan fingerprint density at radius 2 is 1.96 bits per heavy atom. The van der Waals surface area contributed by atoms with Gasteiger partial charge in [-0.1, -0.05) is 25.4 Å². The summed E-state index contributed by atoms with van der Waals surface area (Å²) in [5.74, 6) is -1.78. The number of carboxylic acid groups (broad SMARTS) is 1. The first-order valence-electron chi connectivity index (χ1n) is 7.58. The molecular formula is C16H22ClN3O4. The molecule has 3 amide bonds. The van der Waals surface area contributed by atoms with Crippen molar-refractivity contribution >= 4 is 40.9 Å². The fraction of sp³-hybridized carbons (Fsp3) is 0.438. The number of benzene rings is 1. The van der Waals surface area contributed by atoms with Crippen LogP contribution in [0.2, 0.25) is 5.02 Å². The van der Waals surface area contributed by atoms with Crippen LogP contribution in [-0.4, -0.2) is 41.5 Å². The van der Waals surface area contributed by atoms with Crippen LogP contribution in [0.25, 0.3) is 0 Å². The summed E-state index contributed by atoms with van der Waals surface area (Å²) in [5, 5.41) is 14.5. The van der Waals surface area contributed by atoms with Crippen molar-refractivity contribution in [2.45, 2.75) is 26.7 Å². The predicted molar refractivity (Wildman–Crippen MR) is 93.4 cm³/mol. The SMILES string of the molecule is CCCC(=O)Nc1ccc(Cl)c(NC(=O)N(C)CC(C)C(=O)O)c1. The van der Waals surface area contributed by atoms with Gasteiger partial charge >= 0.3 is 12.0 Å². The number of amides is 3. The number of halogens is 1. The maximum atomic E-state index is 12.1. The van der Waals surface area contributed by atoms with Gasteiger partial charge in [-0.15, -0.1) is 0 Å². The second-order valence-corrected chi connectivity index (χ2v) is 5.95. The molecule has 1 unspecified atom stereocenters. The van der Waals surface area contributed by atoms with Crippen LogP contribution in [0, 0.1) is 5.92 Å². The summed E-state index contributed by atoms with van der Waals surface area (Å²) < 4.78 is 0. The summed E-state index contributed by atoms with van der Waals surface area (Å²) in [4.78, 5) is 35.9. The number of aliphatic carboxylic acids is 1. The van der Waals surface area contributed by atoms with Gasteiger partial charge in [-0.3, -0.25) is 9.59 Å². The predicted octanol–water partition coefficient (Wildman–Crippen LogP) is 3.26. The van der Waals surface area contributed by atoms with Crippen LogP contribution < -0.4 is 10.6 Å². The average Bonchev–Trinajstić information content (AvgIpc) is 2.50. The molecule has 7 nitrogen and oxygen atoms in total. The Hall–Kier alpha value is -2.28. The summed E-state index contributed by atoms with van der Waals surface area (Å²) in [6.45, 7) is 3.48. The molecule has 1 aromatic rings. The Kier molecular flexibility index (Phi) is 7.51. The highest BCUT2D eigenvalue weighted by Crippen LogP contribution is 2.26. The van der Waals surface area contributed by atoms with Gasteiger partial charge in [0.15, 0.2) is 0 Å². The van der Waals surface area contributed by atoms with Crippen molar-refractivity contribution in [2.75, 3.05) is 24.2 Å². The number of rotatable bonds is 7.